The van der Waals surface area contributed by atoms with Crippen LogP contribution < -0.4 is 0 Å². The summed E-state index contributed by atoms with van der Waals surface area (Å²) in [6.45, 7) is 6.54. The monoisotopic (exact) mass is 1140 g/mol. The Morgan fingerprint density at radius 3 is 0.756 bits per heavy atom. The van der Waals surface area contributed by atoms with Crippen LogP contribution in [-0.2, 0) is 28.6 Å². The first-order valence-corrected chi connectivity index (χ1v) is 35.2. The second-order valence-corrected chi connectivity index (χ2v) is 23.4. The minimum absolute atomic E-state index is 0.0810. The van der Waals surface area contributed by atoms with Gasteiger partial charge in [0.1, 0.15) is 13.2 Å². The van der Waals surface area contributed by atoms with E-state index < -0.39 is 6.10 Å². The van der Waals surface area contributed by atoms with Crippen LogP contribution in [0, 0.1) is 0 Å². The number of ether oxygens (including phenoxy) is 3. The topological polar surface area (TPSA) is 78.9 Å². The molecule has 0 radical (unpaired) electrons. The summed E-state index contributed by atoms with van der Waals surface area (Å²) in [7, 11) is 0. The van der Waals surface area contributed by atoms with E-state index in [4.69, 9.17) is 14.2 Å². The van der Waals surface area contributed by atoms with Crippen molar-refractivity contribution in [3.05, 3.63) is 97.2 Å². The fourth-order valence-corrected chi connectivity index (χ4v) is 10.0. The lowest BCUT2D eigenvalue weighted by atomic mass is 10.0. The number of carbonyl (C=O) groups is 3. The molecule has 0 amide bonds. The standard InChI is InChI=1S/C76H132O6/c1-4-7-10-13-16-19-22-25-28-30-32-34-36-38-40-42-44-46-48-51-54-57-60-63-66-69-75(78)81-72-73(71-80-74(77)68-65-62-59-56-53-50-27-24-21-18-15-12-9-6-3)82-76(79)70-67-64-61-58-55-52-49-47-45-43-41-39-37-35-33-31-29-26-23-20-17-14-11-8-5-2/h7,10,16,19,23-28,31-34,37,39,73H,4-6,8-9,11-15,17-18,20-22,29-30,35-36,38,40-72H2,1-3H3/b10-7-,19-16-,26-23-,27-24-,28-25-,33-31-,34-32-,39-37-. The Balaban J connectivity index is 4.32. The third kappa shape index (κ3) is 67.1. The SMILES string of the molecule is CC/C=C\C/C=C\C/C=C\C/C=C\CCCCCCCCCCCCCCC(=O)OCC(COC(=O)CCCCCCC/C=C\CCCCCCC)OC(=O)CCCCCCCCCCCC/C=C\C/C=C\C/C=C\CCCCCCC. The van der Waals surface area contributed by atoms with E-state index in [1.807, 2.05) is 0 Å². The summed E-state index contributed by atoms with van der Waals surface area (Å²) < 4.78 is 17.0. The largest absolute Gasteiger partial charge is 0.462 e. The molecule has 0 saturated heterocycles. The van der Waals surface area contributed by atoms with E-state index in [0.717, 1.165) is 103 Å². The minimum atomic E-state index is -0.786. The van der Waals surface area contributed by atoms with Crippen molar-refractivity contribution in [3.8, 4) is 0 Å². The van der Waals surface area contributed by atoms with Gasteiger partial charge in [-0.25, -0.2) is 0 Å². The van der Waals surface area contributed by atoms with Gasteiger partial charge in [-0.2, -0.15) is 0 Å². The lowest BCUT2D eigenvalue weighted by molar-refractivity contribution is -0.167. The molecule has 1 atom stereocenters. The van der Waals surface area contributed by atoms with Crippen molar-refractivity contribution in [2.75, 3.05) is 13.2 Å². The quantitative estimate of drug-likeness (QED) is 0.0261. The van der Waals surface area contributed by atoms with Gasteiger partial charge in [-0.15, -0.1) is 0 Å². The van der Waals surface area contributed by atoms with Gasteiger partial charge < -0.3 is 14.2 Å². The van der Waals surface area contributed by atoms with Gasteiger partial charge in [0.2, 0.25) is 0 Å². The highest BCUT2D eigenvalue weighted by Crippen LogP contribution is 2.17. The maximum absolute atomic E-state index is 13.0. The summed E-state index contributed by atoms with van der Waals surface area (Å²) in [5.41, 5.74) is 0. The van der Waals surface area contributed by atoms with E-state index in [0.29, 0.717) is 19.3 Å². The molecule has 0 aromatic rings. The van der Waals surface area contributed by atoms with Gasteiger partial charge in [0.05, 0.1) is 0 Å². The van der Waals surface area contributed by atoms with Crippen molar-refractivity contribution in [2.24, 2.45) is 0 Å². The minimum Gasteiger partial charge on any atom is -0.462 e. The van der Waals surface area contributed by atoms with Crippen molar-refractivity contribution in [1.29, 1.82) is 0 Å². The van der Waals surface area contributed by atoms with Gasteiger partial charge in [-0.1, -0.05) is 304 Å². The molecule has 1 unspecified atom stereocenters. The average molecular weight is 1140 g/mol. The molecule has 0 N–H and O–H groups in total. The lowest BCUT2D eigenvalue weighted by Crippen LogP contribution is -2.30. The van der Waals surface area contributed by atoms with Crippen LogP contribution in [0.2, 0.25) is 0 Å². The van der Waals surface area contributed by atoms with Crippen LogP contribution in [0.1, 0.15) is 348 Å². The second-order valence-electron chi connectivity index (χ2n) is 23.4. The summed E-state index contributed by atoms with van der Waals surface area (Å²) in [5, 5.41) is 0. The fourth-order valence-electron chi connectivity index (χ4n) is 10.0. The third-order valence-corrected chi connectivity index (χ3v) is 15.3. The van der Waals surface area contributed by atoms with Gasteiger partial charge in [0, 0.05) is 19.3 Å². The van der Waals surface area contributed by atoms with Crippen LogP contribution >= 0.6 is 0 Å². The average Bonchev–Trinajstić information content (AvgIpc) is 3.47. The number of hydrogen-bond acceptors (Lipinski definition) is 6. The highest BCUT2D eigenvalue weighted by atomic mass is 16.6. The van der Waals surface area contributed by atoms with Crippen LogP contribution in [0.25, 0.3) is 0 Å². The Hall–Kier alpha value is -3.67. The van der Waals surface area contributed by atoms with Crippen LogP contribution in [0.5, 0.6) is 0 Å². The van der Waals surface area contributed by atoms with Gasteiger partial charge in [0.25, 0.3) is 0 Å². The molecule has 0 aromatic heterocycles. The Labute approximate surface area is 508 Å². The van der Waals surface area contributed by atoms with Gasteiger partial charge in [-0.3, -0.25) is 14.4 Å². The van der Waals surface area contributed by atoms with E-state index in [-0.39, 0.29) is 31.1 Å². The Morgan fingerprint density at radius 1 is 0.256 bits per heavy atom. The fraction of sp³-hybridized carbons (Fsp3) is 0.750. The van der Waals surface area contributed by atoms with Crippen molar-refractivity contribution in [1.82, 2.24) is 0 Å². The second kappa shape index (κ2) is 69.8. The number of carbonyl (C=O) groups excluding carboxylic acids is 3. The van der Waals surface area contributed by atoms with E-state index in [2.05, 4.69) is 118 Å². The predicted molar refractivity (Wildman–Crippen MR) is 357 cm³/mol. The molecule has 0 aliphatic heterocycles. The zero-order chi connectivity index (χ0) is 59.2. The molecule has 0 heterocycles. The van der Waals surface area contributed by atoms with Crippen LogP contribution in [0.4, 0.5) is 0 Å². The Morgan fingerprint density at radius 2 is 0.476 bits per heavy atom. The summed E-state index contributed by atoms with van der Waals surface area (Å²) in [6.07, 6.45) is 94.2. The molecule has 6 nitrogen and oxygen atoms in total. The zero-order valence-electron chi connectivity index (χ0n) is 54.2. The van der Waals surface area contributed by atoms with Crippen molar-refractivity contribution < 1.29 is 28.6 Å². The molecule has 472 valence electrons. The highest BCUT2D eigenvalue weighted by molar-refractivity contribution is 5.71. The Bertz CT molecular complexity index is 1590. The van der Waals surface area contributed by atoms with Crippen LogP contribution in [0.15, 0.2) is 97.2 Å². The van der Waals surface area contributed by atoms with Crippen molar-refractivity contribution in [3.63, 3.8) is 0 Å². The van der Waals surface area contributed by atoms with Gasteiger partial charge >= 0.3 is 17.9 Å². The predicted octanol–water partition coefficient (Wildman–Crippen LogP) is 24.4. The maximum atomic E-state index is 13.0. The summed E-state index contributed by atoms with van der Waals surface area (Å²) in [4.78, 5) is 38.5. The molecule has 0 aromatic carbocycles. The van der Waals surface area contributed by atoms with E-state index in [1.54, 1.807) is 0 Å². The molecule has 6 heteroatoms. The molecule has 0 bridgehead atoms. The van der Waals surface area contributed by atoms with Crippen LogP contribution in [-0.4, -0.2) is 37.2 Å². The maximum Gasteiger partial charge on any atom is 0.306 e. The smallest absolute Gasteiger partial charge is 0.306 e. The molecule has 0 saturated carbocycles. The molecular weight excluding hydrogens is 1010 g/mol. The summed E-state index contributed by atoms with van der Waals surface area (Å²) >= 11 is 0. The number of allylic oxidation sites excluding steroid dienone is 16. The van der Waals surface area contributed by atoms with E-state index in [9.17, 15) is 14.4 Å². The zero-order valence-corrected chi connectivity index (χ0v) is 54.2. The Kier molecular flexibility index (Phi) is 66.7. The van der Waals surface area contributed by atoms with Crippen molar-refractivity contribution in [2.45, 2.75) is 354 Å². The third-order valence-electron chi connectivity index (χ3n) is 15.3. The summed E-state index contributed by atoms with van der Waals surface area (Å²) in [5.74, 6) is -0.880. The van der Waals surface area contributed by atoms with Gasteiger partial charge in [0.15, 0.2) is 6.10 Å². The van der Waals surface area contributed by atoms with Gasteiger partial charge in [-0.05, 0) is 122 Å². The number of unbranched alkanes of at least 4 members (excludes halogenated alkanes) is 37. The normalized spacial score (nSPS) is 12.7. The van der Waals surface area contributed by atoms with E-state index >= 15 is 0 Å². The molecule has 0 fully saturated rings. The highest BCUT2D eigenvalue weighted by Gasteiger charge is 2.19. The van der Waals surface area contributed by atoms with E-state index in [1.165, 1.54) is 205 Å². The molecule has 0 spiro atoms. The molecule has 0 aliphatic rings. The van der Waals surface area contributed by atoms with Crippen LogP contribution in [0.3, 0.4) is 0 Å². The molecular formula is C76H132O6. The first-order chi connectivity index (χ1) is 40.5. The molecule has 0 rings (SSSR count). The van der Waals surface area contributed by atoms with Crippen molar-refractivity contribution >= 4 is 17.9 Å². The summed E-state index contributed by atoms with van der Waals surface area (Å²) in [6, 6.07) is 0. The molecule has 82 heavy (non-hydrogen) atoms. The lowest BCUT2D eigenvalue weighted by Gasteiger charge is -2.18. The first kappa shape index (κ1) is 78.3. The number of hydrogen-bond donors (Lipinski definition) is 0. The number of esters is 3. The molecule has 0 aliphatic carbocycles. The number of rotatable bonds is 64. The first-order valence-electron chi connectivity index (χ1n) is 35.2.